The Labute approximate surface area is 114 Å². The molecule has 1 aromatic carbocycles. The molecule has 0 saturated carbocycles. The molecule has 0 aromatic heterocycles. The lowest BCUT2D eigenvalue weighted by atomic mass is 10.3. The number of nitrogens with one attached hydrogen (secondary N) is 1. The van der Waals surface area contributed by atoms with Crippen LogP contribution in [0.15, 0.2) is 24.3 Å². The molecule has 0 aliphatic heterocycles. The zero-order chi connectivity index (χ0) is 14.1. The molecule has 5 heteroatoms. The molecule has 0 aliphatic carbocycles. The third-order valence-corrected chi connectivity index (χ3v) is 2.51. The predicted molar refractivity (Wildman–Crippen MR) is 77.4 cm³/mol. The van der Waals surface area contributed by atoms with Crippen LogP contribution in [-0.2, 0) is 4.79 Å². The Balaban J connectivity index is 2.41. The first-order valence-corrected chi connectivity index (χ1v) is 6.49. The highest BCUT2D eigenvalue weighted by molar-refractivity contribution is 5.90. The molecule has 1 amide bonds. The first kappa shape index (κ1) is 15.5. The van der Waals surface area contributed by atoms with Gasteiger partial charge in [0, 0.05) is 31.3 Å². The molecule has 0 atom stereocenters. The average Bonchev–Trinajstić information content (AvgIpc) is 2.35. The van der Waals surface area contributed by atoms with Gasteiger partial charge in [-0.25, -0.2) is 0 Å². The average molecular weight is 265 g/mol. The number of amides is 1. The van der Waals surface area contributed by atoms with Crippen LogP contribution in [0.25, 0.3) is 0 Å². The van der Waals surface area contributed by atoms with Gasteiger partial charge in [-0.3, -0.25) is 4.79 Å². The Morgan fingerprint density at radius 2 is 2.21 bits per heavy atom. The quantitative estimate of drug-likeness (QED) is 0.695. The summed E-state index contributed by atoms with van der Waals surface area (Å²) in [7, 11) is 4.07. The SMILES string of the molecule is CN(C)CCCOc1cccc(NC(=O)CCN)c1. The van der Waals surface area contributed by atoms with Gasteiger partial charge in [0.15, 0.2) is 0 Å². The number of rotatable bonds is 8. The van der Waals surface area contributed by atoms with E-state index in [1.807, 2.05) is 38.4 Å². The van der Waals surface area contributed by atoms with Crippen LogP contribution in [-0.4, -0.2) is 44.6 Å². The van der Waals surface area contributed by atoms with Crippen molar-refractivity contribution in [2.24, 2.45) is 5.73 Å². The molecule has 0 bridgehead atoms. The first-order chi connectivity index (χ1) is 9.11. The molecule has 0 heterocycles. The fourth-order valence-corrected chi connectivity index (χ4v) is 1.59. The fourth-order valence-electron chi connectivity index (χ4n) is 1.59. The van der Waals surface area contributed by atoms with E-state index >= 15 is 0 Å². The van der Waals surface area contributed by atoms with Crippen LogP contribution in [0.2, 0.25) is 0 Å². The molecular formula is C14H23N3O2. The van der Waals surface area contributed by atoms with Crippen molar-refractivity contribution in [3.8, 4) is 5.75 Å². The van der Waals surface area contributed by atoms with Crippen LogP contribution < -0.4 is 15.8 Å². The van der Waals surface area contributed by atoms with Crippen molar-refractivity contribution in [2.75, 3.05) is 39.1 Å². The van der Waals surface area contributed by atoms with Crippen molar-refractivity contribution in [3.63, 3.8) is 0 Å². The minimum atomic E-state index is -0.0766. The summed E-state index contributed by atoms with van der Waals surface area (Å²) in [4.78, 5) is 13.5. The Morgan fingerprint density at radius 1 is 1.42 bits per heavy atom. The fraction of sp³-hybridized carbons (Fsp3) is 0.500. The second-order valence-corrected chi connectivity index (χ2v) is 4.62. The number of ether oxygens (including phenoxy) is 1. The Morgan fingerprint density at radius 3 is 2.89 bits per heavy atom. The van der Waals surface area contributed by atoms with Gasteiger partial charge in [0.25, 0.3) is 0 Å². The number of anilines is 1. The largest absolute Gasteiger partial charge is 0.493 e. The third kappa shape index (κ3) is 6.79. The van der Waals surface area contributed by atoms with Crippen LogP contribution in [0.4, 0.5) is 5.69 Å². The highest BCUT2D eigenvalue weighted by Gasteiger charge is 2.02. The lowest BCUT2D eigenvalue weighted by Crippen LogP contribution is -2.16. The van der Waals surface area contributed by atoms with Gasteiger partial charge in [-0.15, -0.1) is 0 Å². The van der Waals surface area contributed by atoms with Gasteiger partial charge in [0.05, 0.1) is 6.61 Å². The van der Waals surface area contributed by atoms with Crippen LogP contribution in [0.3, 0.4) is 0 Å². The van der Waals surface area contributed by atoms with Crippen molar-refractivity contribution in [2.45, 2.75) is 12.8 Å². The Bertz CT molecular complexity index is 394. The number of carbonyl (C=O) groups is 1. The minimum absolute atomic E-state index is 0.0766. The van der Waals surface area contributed by atoms with E-state index in [-0.39, 0.29) is 5.91 Å². The predicted octanol–water partition coefficient (Wildman–Crippen LogP) is 1.30. The van der Waals surface area contributed by atoms with Crippen LogP contribution in [0.5, 0.6) is 5.75 Å². The molecule has 1 rings (SSSR count). The Hall–Kier alpha value is -1.59. The van der Waals surface area contributed by atoms with E-state index in [1.165, 1.54) is 0 Å². The topological polar surface area (TPSA) is 67.6 Å². The third-order valence-electron chi connectivity index (χ3n) is 2.51. The monoisotopic (exact) mass is 265 g/mol. The van der Waals surface area contributed by atoms with Gasteiger partial charge in [-0.2, -0.15) is 0 Å². The van der Waals surface area contributed by atoms with E-state index in [0.29, 0.717) is 19.6 Å². The van der Waals surface area contributed by atoms with E-state index in [4.69, 9.17) is 10.5 Å². The molecule has 5 nitrogen and oxygen atoms in total. The van der Waals surface area contributed by atoms with E-state index in [2.05, 4.69) is 10.2 Å². The van der Waals surface area contributed by atoms with Gasteiger partial charge in [-0.1, -0.05) is 6.07 Å². The molecule has 0 unspecified atom stereocenters. The molecule has 1 aromatic rings. The van der Waals surface area contributed by atoms with E-state index < -0.39 is 0 Å². The Kier molecular flexibility index (Phi) is 6.92. The molecule has 0 aliphatic rings. The van der Waals surface area contributed by atoms with Crippen LogP contribution in [0.1, 0.15) is 12.8 Å². The summed E-state index contributed by atoms with van der Waals surface area (Å²) in [6.07, 6.45) is 1.30. The van der Waals surface area contributed by atoms with Gasteiger partial charge in [-0.05, 0) is 32.6 Å². The van der Waals surface area contributed by atoms with Crippen molar-refractivity contribution < 1.29 is 9.53 Å². The number of benzene rings is 1. The number of hydrogen-bond acceptors (Lipinski definition) is 4. The van der Waals surface area contributed by atoms with Gasteiger partial charge < -0.3 is 20.7 Å². The minimum Gasteiger partial charge on any atom is -0.493 e. The standard InChI is InChI=1S/C14H23N3O2/c1-17(2)9-4-10-19-13-6-3-5-12(11-13)16-14(18)7-8-15/h3,5-6,11H,4,7-10,15H2,1-2H3,(H,16,18). The number of hydrogen-bond donors (Lipinski definition) is 2. The van der Waals surface area contributed by atoms with E-state index in [0.717, 1.165) is 24.4 Å². The molecule has 0 radical (unpaired) electrons. The van der Waals surface area contributed by atoms with Gasteiger partial charge >= 0.3 is 0 Å². The molecule has 106 valence electrons. The maximum absolute atomic E-state index is 11.4. The van der Waals surface area contributed by atoms with Crippen LogP contribution >= 0.6 is 0 Å². The van der Waals surface area contributed by atoms with Gasteiger partial charge in [0.1, 0.15) is 5.75 Å². The summed E-state index contributed by atoms with van der Waals surface area (Å²) in [5.41, 5.74) is 6.07. The highest BCUT2D eigenvalue weighted by Crippen LogP contribution is 2.17. The van der Waals surface area contributed by atoms with Crippen molar-refractivity contribution >= 4 is 11.6 Å². The second-order valence-electron chi connectivity index (χ2n) is 4.62. The summed E-state index contributed by atoms with van der Waals surface area (Å²) >= 11 is 0. The maximum Gasteiger partial charge on any atom is 0.225 e. The molecular weight excluding hydrogens is 242 g/mol. The second kappa shape index (κ2) is 8.50. The van der Waals surface area contributed by atoms with E-state index in [1.54, 1.807) is 0 Å². The normalized spacial score (nSPS) is 10.5. The lowest BCUT2D eigenvalue weighted by molar-refractivity contribution is -0.116. The first-order valence-electron chi connectivity index (χ1n) is 6.49. The summed E-state index contributed by atoms with van der Waals surface area (Å²) in [6, 6.07) is 7.40. The molecule has 0 saturated heterocycles. The number of carbonyl (C=O) groups excluding carboxylic acids is 1. The van der Waals surface area contributed by atoms with Crippen molar-refractivity contribution in [1.29, 1.82) is 0 Å². The van der Waals surface area contributed by atoms with Crippen LogP contribution in [0, 0.1) is 0 Å². The molecule has 0 spiro atoms. The van der Waals surface area contributed by atoms with Crippen molar-refractivity contribution in [1.82, 2.24) is 4.90 Å². The zero-order valence-corrected chi connectivity index (χ0v) is 11.7. The van der Waals surface area contributed by atoms with Crippen molar-refractivity contribution in [3.05, 3.63) is 24.3 Å². The summed E-state index contributed by atoms with van der Waals surface area (Å²) < 4.78 is 5.64. The summed E-state index contributed by atoms with van der Waals surface area (Å²) in [5, 5.41) is 2.78. The maximum atomic E-state index is 11.4. The lowest BCUT2D eigenvalue weighted by Gasteiger charge is -2.11. The smallest absolute Gasteiger partial charge is 0.225 e. The van der Waals surface area contributed by atoms with E-state index in [9.17, 15) is 4.79 Å². The molecule has 0 fully saturated rings. The molecule has 3 N–H and O–H groups in total. The number of nitrogens with zero attached hydrogens (tertiary/aromatic N) is 1. The zero-order valence-electron chi connectivity index (χ0n) is 11.7. The van der Waals surface area contributed by atoms with Gasteiger partial charge in [0.2, 0.25) is 5.91 Å². The number of nitrogens with two attached hydrogens (primary N) is 1. The summed E-state index contributed by atoms with van der Waals surface area (Å²) in [6.45, 7) is 2.01. The summed E-state index contributed by atoms with van der Waals surface area (Å²) in [5.74, 6) is 0.691. The molecule has 19 heavy (non-hydrogen) atoms. The highest BCUT2D eigenvalue weighted by atomic mass is 16.5.